The van der Waals surface area contributed by atoms with Gasteiger partial charge < -0.3 is 14.5 Å². The number of nitriles is 1. The summed E-state index contributed by atoms with van der Waals surface area (Å²) in [7, 11) is 2.11. The van der Waals surface area contributed by atoms with E-state index in [2.05, 4.69) is 32.7 Å². The van der Waals surface area contributed by atoms with Crippen LogP contribution in [0.3, 0.4) is 0 Å². The zero-order chi connectivity index (χ0) is 27.4. The third-order valence-electron chi connectivity index (χ3n) is 6.39. The number of carbonyl (C=O) groups is 1. The van der Waals surface area contributed by atoms with Gasteiger partial charge in [0.25, 0.3) is 0 Å². The van der Waals surface area contributed by atoms with E-state index >= 15 is 0 Å². The van der Waals surface area contributed by atoms with Crippen LogP contribution in [-0.2, 0) is 16.9 Å². The van der Waals surface area contributed by atoms with Gasteiger partial charge in [0.15, 0.2) is 0 Å². The summed E-state index contributed by atoms with van der Waals surface area (Å²) in [6.07, 6.45) is 2.59. The van der Waals surface area contributed by atoms with Crippen molar-refractivity contribution >= 4 is 40.4 Å². The molecule has 0 atom stereocenters. The van der Waals surface area contributed by atoms with Gasteiger partial charge in [-0.05, 0) is 70.5 Å². The summed E-state index contributed by atoms with van der Waals surface area (Å²) in [5.41, 5.74) is 3.49. The van der Waals surface area contributed by atoms with Crippen LogP contribution in [0.15, 0.2) is 29.6 Å². The highest BCUT2D eigenvalue weighted by atomic mass is 32.2. The zero-order valence-corrected chi connectivity index (χ0v) is 23.4. The molecule has 1 fully saturated rings. The van der Waals surface area contributed by atoms with Gasteiger partial charge in [0.2, 0.25) is 5.69 Å². The largest absolute Gasteiger partial charge is 0.443 e. The highest BCUT2D eigenvalue weighted by Crippen LogP contribution is 2.39. The van der Waals surface area contributed by atoms with Gasteiger partial charge in [-0.25, -0.2) is 24.2 Å². The van der Waals surface area contributed by atoms with E-state index in [1.807, 2.05) is 45.9 Å². The first-order chi connectivity index (χ1) is 18.1. The maximum Gasteiger partial charge on any atom is 0.420 e. The van der Waals surface area contributed by atoms with E-state index in [0.717, 1.165) is 43.7 Å². The van der Waals surface area contributed by atoms with Gasteiger partial charge in [0.05, 0.1) is 23.2 Å². The third kappa shape index (κ3) is 5.93. The Balaban J connectivity index is 1.63. The van der Waals surface area contributed by atoms with Crippen molar-refractivity contribution in [3.63, 3.8) is 0 Å². The van der Waals surface area contributed by atoms with Crippen LogP contribution in [0.1, 0.15) is 50.8 Å². The smallest absolute Gasteiger partial charge is 0.420 e. The number of likely N-dealkylation sites (N-methyl/N-ethyl adjacent to an activating group) is 1. The van der Waals surface area contributed by atoms with Crippen LogP contribution >= 0.6 is 11.8 Å². The normalized spacial score (nSPS) is 14.7. The molecular weight excluding hydrogens is 498 g/mol. The lowest BCUT2D eigenvalue weighted by Crippen LogP contribution is -2.29. The van der Waals surface area contributed by atoms with Crippen LogP contribution in [0.4, 0.5) is 16.3 Å². The van der Waals surface area contributed by atoms with Crippen LogP contribution in [0.25, 0.3) is 15.9 Å². The van der Waals surface area contributed by atoms with Gasteiger partial charge in [0, 0.05) is 25.4 Å². The molecule has 0 aliphatic carbocycles. The van der Waals surface area contributed by atoms with Gasteiger partial charge >= 0.3 is 6.09 Å². The second-order valence-electron chi connectivity index (χ2n) is 10.4. The Hall–Kier alpha value is -3.60. The average Bonchev–Trinajstić information content (AvgIpc) is 3.18. The second kappa shape index (κ2) is 11.4. The molecule has 0 radical (unpaired) electrons. The minimum absolute atomic E-state index is 0.468. The number of nitrogens with zero attached hydrogens (tertiary/aromatic N) is 7. The maximum absolute atomic E-state index is 12.5. The fourth-order valence-electron chi connectivity index (χ4n) is 4.50. The third-order valence-corrected chi connectivity index (χ3v) is 7.44. The summed E-state index contributed by atoms with van der Waals surface area (Å²) in [6.45, 7) is 18.9. The quantitative estimate of drug-likeness (QED) is 0.309. The average molecular weight is 532 g/mol. The van der Waals surface area contributed by atoms with Crippen molar-refractivity contribution in [1.82, 2.24) is 19.4 Å². The number of hydrogen-bond donors (Lipinski definition) is 0. The minimum Gasteiger partial charge on any atom is -0.443 e. The van der Waals surface area contributed by atoms with Gasteiger partial charge in [-0.15, -0.1) is 11.8 Å². The molecule has 198 valence electrons. The zero-order valence-electron chi connectivity index (χ0n) is 22.6. The molecule has 1 aliphatic rings. The van der Waals surface area contributed by atoms with Gasteiger partial charge in [-0.2, -0.15) is 5.26 Å². The van der Waals surface area contributed by atoms with Gasteiger partial charge in [0.1, 0.15) is 28.8 Å². The first kappa shape index (κ1) is 27.4. The van der Waals surface area contributed by atoms with Crippen molar-refractivity contribution in [2.45, 2.75) is 56.9 Å². The van der Waals surface area contributed by atoms with Crippen LogP contribution in [0.5, 0.6) is 0 Å². The molecule has 0 spiro atoms. The highest BCUT2D eigenvalue weighted by molar-refractivity contribution is 7.98. The molecule has 1 aromatic carbocycles. The summed E-state index contributed by atoms with van der Waals surface area (Å²) in [5, 5.41) is 10.7. The van der Waals surface area contributed by atoms with E-state index < -0.39 is 11.7 Å². The lowest BCUT2D eigenvalue weighted by Gasteiger charge is -2.25. The standard InChI is InChI=1S/C28H33N7O2S/c1-7-20-21(16-29)26(32-25(24(20)30-5)34-12-8-11-33(6)13-14-34)38-17-19-9-10-23-22(15-19)31-18-35(23)27(36)37-28(2,3)4/h9-10,15,18H,7-8,11-14,17H2,1-4,6H3. The number of thioether (sulfide) groups is 1. The first-order valence-corrected chi connectivity index (χ1v) is 13.7. The van der Waals surface area contributed by atoms with Crippen molar-refractivity contribution in [3.8, 4) is 6.07 Å². The van der Waals surface area contributed by atoms with Crippen LogP contribution in [0, 0.1) is 17.9 Å². The van der Waals surface area contributed by atoms with E-state index in [4.69, 9.17) is 16.3 Å². The molecule has 3 aromatic rings. The minimum atomic E-state index is -0.599. The fraction of sp³-hybridized carbons (Fsp3) is 0.464. The molecule has 0 unspecified atom stereocenters. The number of aromatic nitrogens is 3. The number of ether oxygens (including phenoxy) is 1. The molecule has 38 heavy (non-hydrogen) atoms. The number of imidazole rings is 1. The molecule has 4 rings (SSSR count). The fourth-order valence-corrected chi connectivity index (χ4v) is 5.45. The lowest BCUT2D eigenvalue weighted by atomic mass is 10.1. The number of pyridine rings is 1. The van der Waals surface area contributed by atoms with E-state index in [1.165, 1.54) is 22.7 Å². The molecule has 9 nitrogen and oxygen atoms in total. The van der Waals surface area contributed by atoms with Crippen LogP contribution < -0.4 is 4.90 Å². The number of carbonyl (C=O) groups excluding carboxylic acids is 1. The summed E-state index contributed by atoms with van der Waals surface area (Å²) < 4.78 is 6.89. The molecule has 3 heterocycles. The number of benzene rings is 1. The van der Waals surface area contributed by atoms with Gasteiger partial charge in [-0.1, -0.05) is 13.0 Å². The number of anilines is 1. The Morgan fingerprint density at radius 2 is 2.05 bits per heavy atom. The Labute approximate surface area is 228 Å². The molecule has 1 aliphatic heterocycles. The Morgan fingerprint density at radius 1 is 1.26 bits per heavy atom. The summed E-state index contributed by atoms with van der Waals surface area (Å²) in [5.74, 6) is 1.25. The lowest BCUT2D eigenvalue weighted by molar-refractivity contribution is 0.0543. The predicted octanol–water partition coefficient (Wildman–Crippen LogP) is 5.63. The van der Waals surface area contributed by atoms with Crippen LogP contribution in [-0.4, -0.2) is 64.4 Å². The molecule has 10 heteroatoms. The van der Waals surface area contributed by atoms with Gasteiger partial charge in [-0.3, -0.25) is 0 Å². The molecule has 0 N–H and O–H groups in total. The summed E-state index contributed by atoms with van der Waals surface area (Å²) in [6, 6.07) is 8.07. The van der Waals surface area contributed by atoms with E-state index in [1.54, 1.807) is 0 Å². The van der Waals surface area contributed by atoms with Crippen molar-refractivity contribution < 1.29 is 9.53 Å². The van der Waals surface area contributed by atoms with Crippen molar-refractivity contribution in [2.24, 2.45) is 0 Å². The van der Waals surface area contributed by atoms with E-state index in [0.29, 0.717) is 45.3 Å². The topological polar surface area (TPSA) is 91.6 Å². The SMILES string of the molecule is [C-]#[N+]c1c(N2CCCN(C)CC2)nc(SCc2ccc3c(c2)ncn3C(=O)OC(C)(C)C)c(C#N)c1CC. The number of rotatable bonds is 5. The highest BCUT2D eigenvalue weighted by Gasteiger charge is 2.25. The number of fused-ring (bicyclic) bond motifs is 1. The molecule has 0 amide bonds. The summed E-state index contributed by atoms with van der Waals surface area (Å²) >= 11 is 1.49. The summed E-state index contributed by atoms with van der Waals surface area (Å²) in [4.78, 5) is 30.2. The van der Waals surface area contributed by atoms with Crippen molar-refractivity contribution in [1.29, 1.82) is 5.26 Å². The molecule has 0 saturated carbocycles. The molecule has 1 saturated heterocycles. The Morgan fingerprint density at radius 3 is 2.74 bits per heavy atom. The molecule has 2 aromatic heterocycles. The van der Waals surface area contributed by atoms with Crippen LogP contribution in [0.2, 0.25) is 0 Å². The predicted molar refractivity (Wildman–Crippen MR) is 150 cm³/mol. The van der Waals surface area contributed by atoms with Crippen molar-refractivity contribution in [3.05, 3.63) is 52.6 Å². The molecular formula is C28H33N7O2S. The van der Waals surface area contributed by atoms with E-state index in [9.17, 15) is 10.1 Å². The monoisotopic (exact) mass is 531 g/mol. The number of hydrogen-bond acceptors (Lipinski definition) is 8. The van der Waals surface area contributed by atoms with Crippen molar-refractivity contribution in [2.75, 3.05) is 38.1 Å². The Kier molecular flexibility index (Phi) is 8.25. The second-order valence-corrected chi connectivity index (χ2v) is 11.3. The van der Waals surface area contributed by atoms with E-state index in [-0.39, 0.29) is 0 Å². The molecule has 0 bridgehead atoms. The Bertz CT molecular complexity index is 1430. The first-order valence-electron chi connectivity index (χ1n) is 12.7. The maximum atomic E-state index is 12.5.